The van der Waals surface area contributed by atoms with Crippen LogP contribution in [0.4, 0.5) is 5.69 Å². The Morgan fingerprint density at radius 3 is 2.78 bits per heavy atom. The van der Waals surface area contributed by atoms with Crippen LogP contribution >= 0.6 is 34.4 Å². The average Bonchev–Trinajstić information content (AvgIpc) is 2.66. The molecule has 0 aromatic carbocycles. The molecule has 0 aliphatic rings. The monoisotopic (exact) mass is 383 g/mol. The zero-order valence-corrected chi connectivity index (χ0v) is 13.7. The van der Waals surface area contributed by atoms with Gasteiger partial charge >= 0.3 is 5.97 Å². The molecule has 0 radical (unpaired) electrons. The molecule has 7 heteroatoms. The Morgan fingerprint density at radius 2 is 2.33 bits per heavy atom. The first-order valence-corrected chi connectivity index (χ1v) is 8.16. The van der Waals surface area contributed by atoms with E-state index in [2.05, 4.69) is 33.0 Å². The first-order valence-electron chi connectivity index (χ1n) is 5.68. The Balaban J connectivity index is 2.77. The van der Waals surface area contributed by atoms with E-state index in [1.807, 2.05) is 31.0 Å². The Morgan fingerprint density at radius 1 is 1.67 bits per heavy atom. The van der Waals surface area contributed by atoms with Crippen LogP contribution in [0.3, 0.4) is 0 Å². The van der Waals surface area contributed by atoms with Crippen molar-refractivity contribution in [2.45, 2.75) is 32.4 Å². The minimum absolute atomic E-state index is 0.267. The van der Waals surface area contributed by atoms with Crippen LogP contribution in [0, 0.1) is 3.70 Å². The molecule has 0 aliphatic carbocycles. The minimum Gasteiger partial charge on any atom is -0.480 e. The van der Waals surface area contributed by atoms with Crippen LogP contribution in [0.5, 0.6) is 0 Å². The van der Waals surface area contributed by atoms with Gasteiger partial charge in [-0.25, -0.2) is 4.79 Å². The molecule has 0 amide bonds. The molecule has 1 aromatic rings. The van der Waals surface area contributed by atoms with Crippen LogP contribution in [0.2, 0.25) is 0 Å². The van der Waals surface area contributed by atoms with E-state index < -0.39 is 12.0 Å². The molecular formula is C11H18IN3O2S. The number of nitrogens with zero attached hydrogens (tertiary/aromatic N) is 2. The van der Waals surface area contributed by atoms with Gasteiger partial charge < -0.3 is 10.4 Å². The summed E-state index contributed by atoms with van der Waals surface area (Å²) in [5.41, 5.74) is 0.790. The van der Waals surface area contributed by atoms with E-state index in [1.165, 1.54) is 0 Å². The fourth-order valence-electron chi connectivity index (χ4n) is 1.41. The topological polar surface area (TPSA) is 67.2 Å². The van der Waals surface area contributed by atoms with E-state index in [-0.39, 0.29) is 6.04 Å². The molecular weight excluding hydrogens is 365 g/mol. The van der Waals surface area contributed by atoms with Gasteiger partial charge in [0.2, 0.25) is 0 Å². The number of aliphatic carboxylic acids is 1. The summed E-state index contributed by atoms with van der Waals surface area (Å²) in [6.45, 7) is 4.07. The third-order valence-corrected chi connectivity index (χ3v) is 3.90. The lowest BCUT2D eigenvalue weighted by Crippen LogP contribution is -2.30. The van der Waals surface area contributed by atoms with Gasteiger partial charge in [-0.2, -0.15) is 16.9 Å². The molecule has 5 nitrogen and oxygen atoms in total. The van der Waals surface area contributed by atoms with Gasteiger partial charge in [0, 0.05) is 12.2 Å². The van der Waals surface area contributed by atoms with Crippen LogP contribution in [-0.2, 0) is 4.79 Å². The smallest absolute Gasteiger partial charge is 0.326 e. The molecule has 0 fully saturated rings. The summed E-state index contributed by atoms with van der Waals surface area (Å²) in [4.78, 5) is 11.2. The van der Waals surface area contributed by atoms with Crippen LogP contribution in [0.1, 0.15) is 26.3 Å². The number of hydrogen-bond acceptors (Lipinski definition) is 4. The van der Waals surface area contributed by atoms with E-state index in [9.17, 15) is 4.79 Å². The van der Waals surface area contributed by atoms with Gasteiger partial charge in [0.1, 0.15) is 9.74 Å². The van der Waals surface area contributed by atoms with Gasteiger partial charge in [0.05, 0.1) is 5.69 Å². The summed E-state index contributed by atoms with van der Waals surface area (Å²) in [5.74, 6) is -0.00377. The number of nitrogens with one attached hydrogen (secondary N) is 1. The fourth-order valence-corrected chi connectivity index (χ4v) is 2.43. The first kappa shape index (κ1) is 15.6. The molecule has 102 valence electrons. The van der Waals surface area contributed by atoms with Crippen molar-refractivity contribution in [3.8, 4) is 0 Å². The number of rotatable bonds is 7. The Kier molecular flexibility index (Phi) is 6.27. The molecule has 2 N–H and O–H groups in total. The van der Waals surface area contributed by atoms with Gasteiger partial charge in [0.25, 0.3) is 0 Å². The van der Waals surface area contributed by atoms with Crippen LogP contribution in [0.15, 0.2) is 6.20 Å². The Bertz CT molecular complexity index is 409. The lowest BCUT2D eigenvalue weighted by atomic mass is 10.2. The van der Waals surface area contributed by atoms with Crippen LogP contribution in [0.25, 0.3) is 0 Å². The number of carboxylic acids is 1. The second-order valence-corrected chi connectivity index (χ2v) is 6.23. The quantitative estimate of drug-likeness (QED) is 0.709. The van der Waals surface area contributed by atoms with Gasteiger partial charge in [-0.1, -0.05) is 0 Å². The molecule has 1 rings (SSSR count). The number of hydrogen-bond donors (Lipinski definition) is 2. The van der Waals surface area contributed by atoms with Crippen molar-refractivity contribution in [2.75, 3.05) is 17.3 Å². The molecule has 0 saturated carbocycles. The maximum absolute atomic E-state index is 11.2. The van der Waals surface area contributed by atoms with Crippen molar-refractivity contribution in [2.24, 2.45) is 0 Å². The summed E-state index contributed by atoms with van der Waals surface area (Å²) in [6.07, 6.45) is 4.43. The predicted octanol–water partition coefficient (Wildman–Crippen LogP) is 2.69. The standard InChI is InChI=1S/C11H18IN3O2S/c1-7(2)15-6-9(10(12)14-15)13-8(11(16)17)4-5-18-3/h6-8,13H,4-5H2,1-3H3,(H,16,17)/t8-/m0/s1. The summed E-state index contributed by atoms with van der Waals surface area (Å²) in [6, 6.07) is -0.292. The van der Waals surface area contributed by atoms with E-state index in [4.69, 9.17) is 5.11 Å². The van der Waals surface area contributed by atoms with E-state index in [0.717, 1.165) is 15.1 Å². The summed E-state index contributed by atoms with van der Waals surface area (Å²) >= 11 is 3.76. The molecule has 0 spiro atoms. The van der Waals surface area contributed by atoms with Crippen molar-refractivity contribution >= 4 is 46.0 Å². The predicted molar refractivity (Wildman–Crippen MR) is 83.4 cm³/mol. The first-order chi connectivity index (χ1) is 8.45. The summed E-state index contributed by atoms with van der Waals surface area (Å²) < 4.78 is 2.63. The number of carbonyl (C=O) groups is 1. The SMILES string of the molecule is CSCC[C@H](Nc1cn(C(C)C)nc1I)C(=O)O. The second kappa shape index (κ2) is 7.22. The normalized spacial score (nSPS) is 12.7. The van der Waals surface area contributed by atoms with Gasteiger partial charge in [0.15, 0.2) is 0 Å². The third-order valence-electron chi connectivity index (χ3n) is 2.45. The molecule has 0 unspecified atom stereocenters. The highest BCUT2D eigenvalue weighted by atomic mass is 127. The maximum Gasteiger partial charge on any atom is 0.326 e. The highest BCUT2D eigenvalue weighted by molar-refractivity contribution is 14.1. The summed E-state index contributed by atoms with van der Waals surface area (Å²) in [5, 5.41) is 16.6. The van der Waals surface area contributed by atoms with E-state index in [1.54, 1.807) is 11.8 Å². The zero-order chi connectivity index (χ0) is 13.7. The highest BCUT2D eigenvalue weighted by Crippen LogP contribution is 2.20. The van der Waals surface area contributed by atoms with Crippen molar-refractivity contribution < 1.29 is 9.90 Å². The largest absolute Gasteiger partial charge is 0.480 e. The van der Waals surface area contributed by atoms with E-state index >= 15 is 0 Å². The van der Waals surface area contributed by atoms with Crippen molar-refractivity contribution in [1.82, 2.24) is 9.78 Å². The molecule has 0 bridgehead atoms. The lowest BCUT2D eigenvalue weighted by Gasteiger charge is -2.13. The Labute approximate surface area is 125 Å². The van der Waals surface area contributed by atoms with Crippen molar-refractivity contribution in [3.63, 3.8) is 0 Å². The molecule has 0 aliphatic heterocycles. The third kappa shape index (κ3) is 4.34. The van der Waals surface area contributed by atoms with Gasteiger partial charge in [-0.15, -0.1) is 0 Å². The maximum atomic E-state index is 11.2. The fraction of sp³-hybridized carbons (Fsp3) is 0.636. The van der Waals surface area contributed by atoms with Gasteiger partial charge in [-0.3, -0.25) is 4.68 Å². The highest BCUT2D eigenvalue weighted by Gasteiger charge is 2.19. The number of anilines is 1. The lowest BCUT2D eigenvalue weighted by molar-refractivity contribution is -0.137. The number of halogens is 1. The number of aromatic nitrogens is 2. The Hall–Kier alpha value is -0.440. The zero-order valence-electron chi connectivity index (χ0n) is 10.7. The molecule has 1 atom stereocenters. The second-order valence-electron chi connectivity index (χ2n) is 4.22. The van der Waals surface area contributed by atoms with Crippen molar-refractivity contribution in [1.29, 1.82) is 0 Å². The summed E-state index contributed by atoms with van der Waals surface area (Å²) in [7, 11) is 0. The minimum atomic E-state index is -0.822. The molecule has 18 heavy (non-hydrogen) atoms. The molecule has 1 aromatic heterocycles. The molecule has 0 saturated heterocycles. The van der Waals surface area contributed by atoms with Crippen LogP contribution < -0.4 is 5.32 Å². The van der Waals surface area contributed by atoms with Gasteiger partial charge in [-0.05, 0) is 54.9 Å². The number of carboxylic acid groups (broad SMARTS) is 1. The van der Waals surface area contributed by atoms with Crippen molar-refractivity contribution in [3.05, 3.63) is 9.90 Å². The average molecular weight is 383 g/mol. The number of thioether (sulfide) groups is 1. The van der Waals surface area contributed by atoms with Crippen LogP contribution in [-0.4, -0.2) is 38.9 Å². The van der Waals surface area contributed by atoms with E-state index in [0.29, 0.717) is 6.42 Å². The molecule has 1 heterocycles.